The summed E-state index contributed by atoms with van der Waals surface area (Å²) in [6.07, 6.45) is 2.86. The first-order valence-electron chi connectivity index (χ1n) is 9.26. The van der Waals surface area contributed by atoms with E-state index >= 15 is 0 Å². The van der Waals surface area contributed by atoms with Crippen LogP contribution in [0.2, 0.25) is 0 Å². The van der Waals surface area contributed by atoms with Gasteiger partial charge in [-0.15, -0.1) is 0 Å². The van der Waals surface area contributed by atoms with Gasteiger partial charge in [-0.2, -0.15) is 0 Å². The first-order valence-corrected chi connectivity index (χ1v) is 9.26. The number of ether oxygens (including phenoxy) is 1. The molecule has 2 aliphatic rings. The fourth-order valence-electron chi connectivity index (χ4n) is 3.63. The second kappa shape index (κ2) is 7.68. The van der Waals surface area contributed by atoms with Crippen LogP contribution >= 0.6 is 0 Å². The molecular weight excluding hydrogens is 334 g/mol. The van der Waals surface area contributed by atoms with E-state index in [0.717, 1.165) is 12.8 Å². The molecule has 0 bridgehead atoms. The third-order valence-corrected chi connectivity index (χ3v) is 4.91. The minimum absolute atomic E-state index is 0.0374. The maximum atomic E-state index is 12.4. The minimum Gasteiger partial charge on any atom is -0.444 e. The highest BCUT2D eigenvalue weighted by atomic mass is 16.6. The number of carbonyl (C=O) groups excluding carboxylic acids is 3. The monoisotopic (exact) mass is 365 g/mol. The molecule has 0 atom stereocenters. The lowest BCUT2D eigenvalue weighted by atomic mass is 9.73. The lowest BCUT2D eigenvalue weighted by Gasteiger charge is -2.54. The van der Waals surface area contributed by atoms with Crippen LogP contribution < -0.4 is 0 Å². The van der Waals surface area contributed by atoms with Gasteiger partial charge in [0, 0.05) is 38.1 Å². The van der Waals surface area contributed by atoms with Crippen LogP contribution in [-0.2, 0) is 14.3 Å². The largest absolute Gasteiger partial charge is 0.444 e. The van der Waals surface area contributed by atoms with E-state index in [1.54, 1.807) is 9.80 Å². The molecule has 0 unspecified atom stereocenters. The highest BCUT2D eigenvalue weighted by molar-refractivity contribution is 5.91. The van der Waals surface area contributed by atoms with E-state index in [9.17, 15) is 14.4 Å². The smallest absolute Gasteiger partial charge is 0.410 e. The van der Waals surface area contributed by atoms with Gasteiger partial charge >= 0.3 is 6.09 Å². The molecule has 2 saturated heterocycles. The number of hydrogen-bond acceptors (Lipinski definition) is 4. The van der Waals surface area contributed by atoms with Gasteiger partial charge in [0.25, 0.3) is 0 Å². The summed E-state index contributed by atoms with van der Waals surface area (Å²) in [5.41, 5.74) is -0.547. The molecule has 0 N–H and O–H groups in total. The first kappa shape index (κ1) is 20.3. The van der Waals surface area contributed by atoms with Crippen molar-refractivity contribution >= 4 is 17.9 Å². The quantitative estimate of drug-likeness (QED) is 0.713. The van der Waals surface area contributed by atoms with Gasteiger partial charge in [0.05, 0.1) is 6.54 Å². The first-order chi connectivity index (χ1) is 12.1. The summed E-state index contributed by atoms with van der Waals surface area (Å²) >= 11 is 0. The number of likely N-dealkylation sites (tertiary alicyclic amines) is 2. The molecule has 2 rings (SSSR count). The summed E-state index contributed by atoms with van der Waals surface area (Å²) in [7, 11) is 0. The van der Waals surface area contributed by atoms with Gasteiger partial charge in [0.15, 0.2) is 0 Å². The van der Waals surface area contributed by atoms with Crippen molar-refractivity contribution in [3.8, 4) is 0 Å². The summed E-state index contributed by atoms with van der Waals surface area (Å²) in [5.74, 6) is -0.285. The van der Waals surface area contributed by atoms with Gasteiger partial charge in [-0.25, -0.2) is 4.79 Å². The summed E-state index contributed by atoms with van der Waals surface area (Å²) in [6, 6.07) is 0. The predicted molar refractivity (Wildman–Crippen MR) is 98.5 cm³/mol. The summed E-state index contributed by atoms with van der Waals surface area (Å²) < 4.78 is 5.47. The fourth-order valence-corrected chi connectivity index (χ4v) is 3.63. The second-order valence-corrected chi connectivity index (χ2v) is 8.31. The Labute approximate surface area is 155 Å². The number of carbonyl (C=O) groups is 3. The van der Waals surface area contributed by atoms with Crippen LogP contribution in [0.3, 0.4) is 0 Å². The Bertz CT molecular complexity index is 576. The Morgan fingerprint density at radius 2 is 1.81 bits per heavy atom. The average molecular weight is 365 g/mol. The highest BCUT2D eigenvalue weighted by Gasteiger charge is 2.48. The van der Waals surface area contributed by atoms with Crippen molar-refractivity contribution in [2.24, 2.45) is 5.41 Å². The molecule has 2 fully saturated rings. The van der Waals surface area contributed by atoms with Crippen LogP contribution in [0.25, 0.3) is 0 Å². The van der Waals surface area contributed by atoms with Crippen LogP contribution in [0.4, 0.5) is 4.79 Å². The normalized spacial score (nSPS) is 18.9. The van der Waals surface area contributed by atoms with E-state index < -0.39 is 5.60 Å². The third kappa shape index (κ3) is 4.77. The molecule has 2 heterocycles. The van der Waals surface area contributed by atoms with Crippen molar-refractivity contribution < 1.29 is 19.1 Å². The summed E-state index contributed by atoms with van der Waals surface area (Å²) in [4.78, 5) is 41.5. The van der Waals surface area contributed by atoms with E-state index in [-0.39, 0.29) is 29.9 Å². The molecule has 7 nitrogen and oxygen atoms in total. The molecule has 0 aromatic heterocycles. The molecule has 146 valence electrons. The van der Waals surface area contributed by atoms with E-state index in [2.05, 4.69) is 6.58 Å². The molecule has 0 saturated carbocycles. The summed E-state index contributed by atoms with van der Waals surface area (Å²) in [6.45, 7) is 14.0. The topological polar surface area (TPSA) is 70.2 Å². The zero-order valence-corrected chi connectivity index (χ0v) is 16.4. The lowest BCUT2D eigenvalue weighted by molar-refractivity contribution is -0.150. The van der Waals surface area contributed by atoms with Crippen molar-refractivity contribution in [3.63, 3.8) is 0 Å². The molecule has 0 aromatic rings. The number of likely N-dealkylation sites (N-methyl/N-ethyl adjacent to an activating group) is 1. The number of amides is 3. The molecule has 2 aliphatic heterocycles. The Morgan fingerprint density at radius 1 is 1.19 bits per heavy atom. The van der Waals surface area contributed by atoms with Crippen molar-refractivity contribution in [2.45, 2.75) is 46.1 Å². The van der Waals surface area contributed by atoms with E-state index in [1.807, 2.05) is 27.7 Å². The fraction of sp³-hybridized carbons (Fsp3) is 0.737. The minimum atomic E-state index is -0.509. The number of rotatable bonds is 4. The van der Waals surface area contributed by atoms with Crippen LogP contribution in [0.5, 0.6) is 0 Å². The van der Waals surface area contributed by atoms with Crippen LogP contribution in [-0.4, -0.2) is 77.5 Å². The van der Waals surface area contributed by atoms with Crippen LogP contribution in [0, 0.1) is 5.41 Å². The van der Waals surface area contributed by atoms with E-state index in [1.165, 1.54) is 11.0 Å². The predicted octanol–water partition coefficient (Wildman–Crippen LogP) is 1.88. The Balaban J connectivity index is 1.88. The van der Waals surface area contributed by atoms with E-state index in [4.69, 9.17) is 4.74 Å². The molecule has 0 radical (unpaired) electrons. The van der Waals surface area contributed by atoms with Gasteiger partial charge < -0.3 is 19.4 Å². The number of hydrogen-bond donors (Lipinski definition) is 0. The highest BCUT2D eigenvalue weighted by Crippen LogP contribution is 2.39. The summed E-state index contributed by atoms with van der Waals surface area (Å²) in [5, 5.41) is 0. The Morgan fingerprint density at radius 3 is 2.35 bits per heavy atom. The molecule has 26 heavy (non-hydrogen) atoms. The number of piperidine rings is 1. The maximum absolute atomic E-state index is 12.4. The molecular formula is C19H31N3O4. The lowest BCUT2D eigenvalue weighted by Crippen LogP contribution is -2.66. The zero-order chi connectivity index (χ0) is 19.5. The SMILES string of the molecule is C=CC(=O)N(CC)CC(=O)N1CC2(CCCN(C(=O)OC(C)(C)C)C2)C1. The number of nitrogens with zero attached hydrogens (tertiary/aromatic N) is 3. The van der Waals surface area contributed by atoms with Gasteiger partial charge in [-0.05, 0) is 46.6 Å². The van der Waals surface area contributed by atoms with Gasteiger partial charge in [-0.3, -0.25) is 9.59 Å². The van der Waals surface area contributed by atoms with Crippen molar-refractivity contribution in [1.82, 2.24) is 14.7 Å². The van der Waals surface area contributed by atoms with Gasteiger partial charge in [-0.1, -0.05) is 6.58 Å². The molecule has 1 spiro atoms. The van der Waals surface area contributed by atoms with Crippen molar-refractivity contribution in [2.75, 3.05) is 39.3 Å². The van der Waals surface area contributed by atoms with Crippen LogP contribution in [0.15, 0.2) is 12.7 Å². The van der Waals surface area contributed by atoms with E-state index in [0.29, 0.717) is 32.7 Å². The standard InChI is InChI=1S/C19H31N3O4/c1-6-15(23)20(7-2)11-16(24)22-13-19(14-22)9-8-10-21(12-19)17(25)26-18(3,4)5/h6H,1,7-14H2,2-5H3. The third-order valence-electron chi connectivity index (χ3n) is 4.91. The average Bonchev–Trinajstić information content (AvgIpc) is 2.55. The molecule has 7 heteroatoms. The van der Waals surface area contributed by atoms with Crippen LogP contribution in [0.1, 0.15) is 40.5 Å². The molecule has 0 aromatic carbocycles. The van der Waals surface area contributed by atoms with Crippen molar-refractivity contribution in [3.05, 3.63) is 12.7 Å². The second-order valence-electron chi connectivity index (χ2n) is 8.31. The van der Waals surface area contributed by atoms with Gasteiger partial charge in [0.2, 0.25) is 11.8 Å². The molecule has 0 aliphatic carbocycles. The Hall–Kier alpha value is -2.05. The van der Waals surface area contributed by atoms with Crippen molar-refractivity contribution in [1.29, 1.82) is 0 Å². The molecule has 3 amide bonds. The Kier molecular flexibility index (Phi) is 5.98. The van der Waals surface area contributed by atoms with Gasteiger partial charge in [0.1, 0.15) is 5.60 Å². The zero-order valence-electron chi connectivity index (χ0n) is 16.4. The maximum Gasteiger partial charge on any atom is 0.410 e.